The molecule has 1 aliphatic rings. The minimum Gasteiger partial charge on any atom is -0.292 e. The first-order chi connectivity index (χ1) is 8.33. The van der Waals surface area contributed by atoms with E-state index >= 15 is 0 Å². The lowest BCUT2D eigenvalue weighted by Crippen LogP contribution is -2.04. The van der Waals surface area contributed by atoms with Gasteiger partial charge >= 0.3 is 0 Å². The summed E-state index contributed by atoms with van der Waals surface area (Å²) >= 11 is 0. The Labute approximate surface area is 99.1 Å². The molecule has 1 N–H and O–H groups in total. The maximum Gasteiger partial charge on any atom is 0.189 e. The van der Waals surface area contributed by atoms with Gasteiger partial charge in [-0.2, -0.15) is 15.4 Å². The topological polar surface area (TPSA) is 58.6 Å². The third-order valence-electron chi connectivity index (χ3n) is 3.23. The van der Waals surface area contributed by atoms with Crippen molar-refractivity contribution in [1.82, 2.24) is 15.4 Å². The number of aromatic nitrogens is 3. The molecule has 4 heteroatoms. The van der Waals surface area contributed by atoms with Gasteiger partial charge < -0.3 is 0 Å². The second-order valence-electron chi connectivity index (χ2n) is 4.41. The number of nitrogens with one attached hydrogen (secondary N) is 1. The quantitative estimate of drug-likeness (QED) is 0.812. The van der Waals surface area contributed by atoms with Crippen molar-refractivity contribution in [2.75, 3.05) is 0 Å². The minimum absolute atomic E-state index is 0.0108. The Morgan fingerprint density at radius 1 is 1.29 bits per heavy atom. The predicted molar refractivity (Wildman–Crippen MR) is 62.9 cm³/mol. The number of rotatable bonds is 3. The third kappa shape index (κ3) is 1.98. The number of hydrogen-bond donors (Lipinski definition) is 1. The number of carbonyl (C=O) groups excluding carboxylic acids is 1. The van der Waals surface area contributed by atoms with Gasteiger partial charge in [0.25, 0.3) is 0 Å². The molecule has 0 fully saturated rings. The van der Waals surface area contributed by atoms with Crippen LogP contribution in [0.2, 0.25) is 0 Å². The Morgan fingerprint density at radius 3 is 3.00 bits per heavy atom. The maximum atomic E-state index is 11.9. The lowest BCUT2D eigenvalue weighted by molar-refractivity contribution is 0.0988. The van der Waals surface area contributed by atoms with Crippen LogP contribution < -0.4 is 0 Å². The maximum absolute atomic E-state index is 11.9. The van der Waals surface area contributed by atoms with E-state index in [0.717, 1.165) is 12.0 Å². The minimum atomic E-state index is 0.0108. The zero-order valence-electron chi connectivity index (χ0n) is 9.44. The van der Waals surface area contributed by atoms with E-state index in [9.17, 15) is 4.79 Å². The van der Waals surface area contributed by atoms with Crippen molar-refractivity contribution in [2.45, 2.75) is 25.7 Å². The van der Waals surface area contributed by atoms with Crippen molar-refractivity contribution in [1.29, 1.82) is 0 Å². The Bertz CT molecular complexity index is 546. The summed E-state index contributed by atoms with van der Waals surface area (Å²) in [6.45, 7) is 0. The Morgan fingerprint density at radius 2 is 2.18 bits per heavy atom. The molecule has 0 aliphatic heterocycles. The van der Waals surface area contributed by atoms with Crippen LogP contribution in [0.3, 0.4) is 0 Å². The molecule has 0 radical (unpaired) electrons. The Hall–Kier alpha value is -1.97. The molecule has 0 atom stereocenters. The molecule has 1 aromatic heterocycles. The summed E-state index contributed by atoms with van der Waals surface area (Å²) in [5.41, 5.74) is 4.31. The molecule has 0 bridgehead atoms. The highest BCUT2D eigenvalue weighted by atomic mass is 16.1. The van der Waals surface area contributed by atoms with Gasteiger partial charge in [0, 0.05) is 6.42 Å². The zero-order chi connectivity index (χ0) is 11.7. The molecule has 2 aromatic rings. The van der Waals surface area contributed by atoms with E-state index < -0.39 is 0 Å². The highest BCUT2D eigenvalue weighted by Gasteiger charge is 2.14. The van der Waals surface area contributed by atoms with E-state index in [0.29, 0.717) is 12.1 Å². The molecule has 17 heavy (non-hydrogen) atoms. The number of nitrogens with zero attached hydrogens (tertiary/aromatic N) is 2. The van der Waals surface area contributed by atoms with Crippen molar-refractivity contribution in [3.8, 4) is 0 Å². The van der Waals surface area contributed by atoms with Crippen molar-refractivity contribution in [2.24, 2.45) is 0 Å². The monoisotopic (exact) mass is 227 g/mol. The summed E-state index contributed by atoms with van der Waals surface area (Å²) in [5.74, 6) is 0.0108. The van der Waals surface area contributed by atoms with E-state index in [1.54, 1.807) is 0 Å². The van der Waals surface area contributed by atoms with Crippen molar-refractivity contribution >= 4 is 5.78 Å². The fraction of sp³-hybridized carbons (Fsp3) is 0.308. The van der Waals surface area contributed by atoms with Crippen LogP contribution in [-0.4, -0.2) is 21.2 Å². The molecule has 4 nitrogen and oxygen atoms in total. The number of benzene rings is 1. The molecular formula is C13H13N3O. The van der Waals surface area contributed by atoms with Crippen LogP contribution in [0.25, 0.3) is 0 Å². The molecule has 0 unspecified atom stereocenters. The predicted octanol–water partition coefficient (Wildman–Crippen LogP) is 1.72. The molecule has 0 amide bonds. The van der Waals surface area contributed by atoms with Crippen LogP contribution in [0.1, 0.15) is 33.6 Å². The molecule has 0 saturated carbocycles. The van der Waals surface area contributed by atoms with Gasteiger partial charge in [-0.3, -0.25) is 4.79 Å². The molecule has 3 rings (SSSR count). The van der Waals surface area contributed by atoms with E-state index in [4.69, 9.17) is 0 Å². The molecule has 1 aliphatic carbocycles. The fourth-order valence-corrected chi connectivity index (χ4v) is 2.35. The summed E-state index contributed by atoms with van der Waals surface area (Å²) in [6, 6.07) is 6.34. The highest BCUT2D eigenvalue weighted by Crippen LogP contribution is 2.23. The number of ketones is 1. The molecule has 86 valence electrons. The van der Waals surface area contributed by atoms with Crippen LogP contribution in [0.15, 0.2) is 24.4 Å². The number of hydrogen-bond acceptors (Lipinski definition) is 3. The zero-order valence-corrected chi connectivity index (χ0v) is 9.44. The standard InChI is InChI=1S/C13H13N3O/c17-13(12-8-14-16-15-12)7-9-4-5-10-2-1-3-11(10)6-9/h4-6,8H,1-3,7H2,(H,14,15,16). The molecular weight excluding hydrogens is 214 g/mol. The van der Waals surface area contributed by atoms with Crippen LogP contribution >= 0.6 is 0 Å². The van der Waals surface area contributed by atoms with Gasteiger partial charge in [-0.05, 0) is 36.0 Å². The summed E-state index contributed by atoms with van der Waals surface area (Å²) in [4.78, 5) is 11.9. The van der Waals surface area contributed by atoms with Crippen molar-refractivity contribution < 1.29 is 4.79 Å². The van der Waals surface area contributed by atoms with Gasteiger partial charge in [0.15, 0.2) is 5.78 Å². The summed E-state index contributed by atoms with van der Waals surface area (Å²) in [6.07, 6.45) is 5.42. The second-order valence-corrected chi connectivity index (χ2v) is 4.41. The lowest BCUT2D eigenvalue weighted by Gasteiger charge is -2.03. The van der Waals surface area contributed by atoms with Crippen LogP contribution in [0, 0.1) is 0 Å². The van der Waals surface area contributed by atoms with E-state index in [-0.39, 0.29) is 5.78 Å². The first kappa shape index (κ1) is 10.2. The van der Waals surface area contributed by atoms with E-state index in [1.807, 2.05) is 6.07 Å². The van der Waals surface area contributed by atoms with Crippen LogP contribution in [0.5, 0.6) is 0 Å². The summed E-state index contributed by atoms with van der Waals surface area (Å²) in [7, 11) is 0. The first-order valence-corrected chi connectivity index (χ1v) is 5.82. The Balaban J connectivity index is 1.80. The number of H-pyrrole nitrogens is 1. The van der Waals surface area contributed by atoms with Crippen LogP contribution in [0.4, 0.5) is 0 Å². The normalized spacial score (nSPS) is 13.6. The average Bonchev–Trinajstić information content (AvgIpc) is 2.99. The molecule has 1 heterocycles. The molecule has 1 aromatic carbocycles. The van der Waals surface area contributed by atoms with Gasteiger partial charge in [-0.25, -0.2) is 0 Å². The Kier molecular flexibility index (Phi) is 2.48. The smallest absolute Gasteiger partial charge is 0.189 e. The molecule has 0 saturated heterocycles. The summed E-state index contributed by atoms with van der Waals surface area (Å²) < 4.78 is 0. The largest absolute Gasteiger partial charge is 0.292 e. The fourth-order valence-electron chi connectivity index (χ4n) is 2.35. The second kappa shape index (κ2) is 4.13. The number of aryl methyl sites for hydroxylation is 2. The average molecular weight is 227 g/mol. The molecule has 0 spiro atoms. The number of fused-ring (bicyclic) bond motifs is 1. The number of Topliss-reactive ketones (excluding diaryl/α,β-unsaturated/α-hetero) is 1. The number of aromatic amines is 1. The van der Waals surface area contributed by atoms with Crippen molar-refractivity contribution in [3.63, 3.8) is 0 Å². The van der Waals surface area contributed by atoms with E-state index in [1.165, 1.54) is 30.2 Å². The van der Waals surface area contributed by atoms with Gasteiger partial charge in [-0.15, -0.1) is 0 Å². The van der Waals surface area contributed by atoms with Crippen molar-refractivity contribution in [3.05, 3.63) is 46.8 Å². The third-order valence-corrected chi connectivity index (χ3v) is 3.23. The first-order valence-electron chi connectivity index (χ1n) is 5.82. The van der Waals surface area contributed by atoms with Crippen LogP contribution in [-0.2, 0) is 19.3 Å². The van der Waals surface area contributed by atoms with E-state index in [2.05, 4.69) is 27.5 Å². The SMILES string of the molecule is O=C(Cc1ccc2c(c1)CCC2)c1cn[nH]n1. The highest BCUT2D eigenvalue weighted by molar-refractivity contribution is 5.95. The summed E-state index contributed by atoms with van der Waals surface area (Å²) in [5, 5.41) is 9.90. The van der Waals surface area contributed by atoms with Gasteiger partial charge in [0.2, 0.25) is 0 Å². The van der Waals surface area contributed by atoms with Gasteiger partial charge in [0.1, 0.15) is 5.69 Å². The lowest BCUT2D eigenvalue weighted by atomic mass is 10.0. The van der Waals surface area contributed by atoms with Gasteiger partial charge in [-0.1, -0.05) is 18.2 Å². The number of carbonyl (C=O) groups is 1. The van der Waals surface area contributed by atoms with Gasteiger partial charge in [0.05, 0.1) is 6.20 Å².